The van der Waals surface area contributed by atoms with E-state index in [0.717, 1.165) is 11.4 Å². The van der Waals surface area contributed by atoms with E-state index >= 15 is 0 Å². The number of carbonyl (C=O) groups excluding carboxylic acids is 1. The molecule has 0 radical (unpaired) electrons. The Bertz CT molecular complexity index is 836. The molecule has 26 heavy (non-hydrogen) atoms. The molecule has 132 valence electrons. The molecule has 0 aromatic heterocycles. The van der Waals surface area contributed by atoms with Crippen molar-refractivity contribution in [1.82, 2.24) is 0 Å². The second-order valence-corrected chi connectivity index (χ2v) is 5.33. The first kappa shape index (κ1) is 18.8. The van der Waals surface area contributed by atoms with Crippen molar-refractivity contribution in [1.29, 1.82) is 5.41 Å². The van der Waals surface area contributed by atoms with Gasteiger partial charge in [0.25, 0.3) is 0 Å². The van der Waals surface area contributed by atoms with Crippen molar-refractivity contribution in [2.75, 3.05) is 12.4 Å². The number of ketones is 1. The van der Waals surface area contributed by atoms with Crippen LogP contribution in [-0.4, -0.2) is 24.3 Å². The van der Waals surface area contributed by atoms with Crippen LogP contribution in [0.5, 0.6) is 0 Å². The largest absolute Gasteiger partial charge is 0.405 e. The first-order chi connectivity index (χ1) is 12.6. The second kappa shape index (κ2) is 9.71. The van der Waals surface area contributed by atoms with Crippen LogP contribution >= 0.6 is 0 Å². The minimum atomic E-state index is -0.444. The molecular formula is C20H22N5O+. The smallest absolute Gasteiger partial charge is 0.210 e. The molecule has 0 unspecified atom stereocenters. The number of quaternary nitrogens is 1. The Morgan fingerprint density at radius 1 is 1.12 bits per heavy atom. The van der Waals surface area contributed by atoms with Crippen LogP contribution in [0.15, 0.2) is 84.1 Å². The number of hydrogen-bond acceptors (Lipinski definition) is 5. The normalized spacial score (nSPS) is 11.8. The van der Waals surface area contributed by atoms with Crippen LogP contribution in [-0.2, 0) is 4.79 Å². The Morgan fingerprint density at radius 3 is 2.42 bits per heavy atom. The van der Waals surface area contributed by atoms with Crippen LogP contribution in [0, 0.1) is 5.41 Å². The summed E-state index contributed by atoms with van der Waals surface area (Å²) in [7, 11) is 1.85. The number of allylic oxidation sites excluding steroid dienone is 2. The number of anilines is 1. The van der Waals surface area contributed by atoms with Crippen molar-refractivity contribution >= 4 is 34.3 Å². The van der Waals surface area contributed by atoms with Crippen LogP contribution < -0.4 is 16.4 Å². The molecule has 0 amide bonds. The number of nitrogens with zero attached hydrogens (tertiary/aromatic N) is 1. The first-order valence-electron chi connectivity index (χ1n) is 8.08. The molecule has 0 saturated carbocycles. The van der Waals surface area contributed by atoms with E-state index in [1.807, 2.05) is 49.5 Å². The van der Waals surface area contributed by atoms with Crippen molar-refractivity contribution in [2.24, 2.45) is 10.7 Å². The number of para-hydroxylation sites is 1. The Hall–Kier alpha value is -3.51. The van der Waals surface area contributed by atoms with Crippen LogP contribution in [0.1, 0.15) is 0 Å². The van der Waals surface area contributed by atoms with Gasteiger partial charge in [-0.1, -0.05) is 18.2 Å². The van der Waals surface area contributed by atoms with E-state index < -0.39 is 5.78 Å². The molecule has 0 fully saturated rings. The number of nitrogens with two attached hydrogens (primary N) is 2. The van der Waals surface area contributed by atoms with Gasteiger partial charge >= 0.3 is 0 Å². The van der Waals surface area contributed by atoms with Crippen molar-refractivity contribution in [3.63, 3.8) is 0 Å². The molecule has 0 aliphatic heterocycles. The van der Waals surface area contributed by atoms with Gasteiger partial charge in [0.15, 0.2) is 0 Å². The van der Waals surface area contributed by atoms with Crippen molar-refractivity contribution < 1.29 is 10.1 Å². The lowest BCUT2D eigenvalue weighted by molar-refractivity contribution is -0.496. The zero-order chi connectivity index (χ0) is 18.8. The average molecular weight is 348 g/mol. The van der Waals surface area contributed by atoms with Gasteiger partial charge in [-0.3, -0.25) is 15.5 Å². The Morgan fingerprint density at radius 2 is 1.81 bits per heavy atom. The molecule has 0 aliphatic carbocycles. The Labute approximate surface area is 152 Å². The monoisotopic (exact) mass is 348 g/mol. The van der Waals surface area contributed by atoms with Crippen molar-refractivity contribution in [2.45, 2.75) is 0 Å². The summed E-state index contributed by atoms with van der Waals surface area (Å²) >= 11 is 0. The number of aliphatic imine (C=N–C) groups is 1. The average Bonchev–Trinajstić information content (AvgIpc) is 2.68. The molecule has 2 aromatic carbocycles. The number of carbonyl (C=O) groups is 1. The topological polar surface area (TPSA) is 108 Å². The van der Waals surface area contributed by atoms with Gasteiger partial charge in [0.05, 0.1) is 11.4 Å². The van der Waals surface area contributed by atoms with Gasteiger partial charge in [0, 0.05) is 30.9 Å². The molecule has 0 aliphatic rings. The number of benzene rings is 2. The van der Waals surface area contributed by atoms with E-state index in [4.69, 9.17) is 11.1 Å². The van der Waals surface area contributed by atoms with Gasteiger partial charge < -0.3 is 11.1 Å². The number of nitrogens with one attached hydrogen (secondary N) is 2. The summed E-state index contributed by atoms with van der Waals surface area (Å²) in [5.41, 5.74) is 8.04. The van der Waals surface area contributed by atoms with E-state index in [1.54, 1.807) is 23.6 Å². The third-order valence-corrected chi connectivity index (χ3v) is 3.50. The minimum Gasteiger partial charge on any atom is -0.405 e. The summed E-state index contributed by atoms with van der Waals surface area (Å²) in [6.07, 6.45) is 5.68. The van der Waals surface area contributed by atoms with Gasteiger partial charge in [0.2, 0.25) is 5.78 Å². The number of hydrogen-bond donors (Lipinski definition) is 4. The molecule has 0 spiro atoms. The Kier molecular flexibility index (Phi) is 7.03. The highest BCUT2D eigenvalue weighted by Gasteiger charge is 2.12. The third-order valence-electron chi connectivity index (χ3n) is 3.50. The minimum absolute atomic E-state index is 0.215. The van der Waals surface area contributed by atoms with Crippen LogP contribution in [0.3, 0.4) is 0 Å². The first-order valence-corrected chi connectivity index (χ1v) is 8.08. The predicted molar refractivity (Wildman–Crippen MR) is 106 cm³/mol. The maximum absolute atomic E-state index is 12.2. The summed E-state index contributed by atoms with van der Waals surface area (Å²) in [6.45, 7) is 0. The molecule has 2 rings (SSSR count). The van der Waals surface area contributed by atoms with Crippen LogP contribution in [0.4, 0.5) is 17.1 Å². The number of rotatable bonds is 8. The van der Waals surface area contributed by atoms with Crippen molar-refractivity contribution in [3.05, 3.63) is 79.1 Å². The molecule has 2 aromatic rings. The van der Waals surface area contributed by atoms with Gasteiger partial charge in [-0.15, -0.1) is 0 Å². The molecule has 6 nitrogen and oxygen atoms in total. The van der Waals surface area contributed by atoms with Gasteiger partial charge in [-0.2, -0.15) is 0 Å². The second-order valence-electron chi connectivity index (χ2n) is 5.33. The maximum atomic E-state index is 12.2. The molecule has 6 heteroatoms. The van der Waals surface area contributed by atoms with Crippen LogP contribution in [0.25, 0.3) is 0 Å². The molecule has 0 heterocycles. The highest BCUT2D eigenvalue weighted by atomic mass is 16.1. The highest BCUT2D eigenvalue weighted by Crippen LogP contribution is 2.11. The zero-order valence-corrected chi connectivity index (χ0v) is 14.5. The molecular weight excluding hydrogens is 326 g/mol. The van der Waals surface area contributed by atoms with Gasteiger partial charge in [-0.05, 0) is 36.5 Å². The van der Waals surface area contributed by atoms with E-state index in [2.05, 4.69) is 10.3 Å². The SMILES string of the molecule is CNc1ccc([NH2+]C=CC(=O)C(=N)C(C=CN)=Nc2ccccc2)cc1. The lowest BCUT2D eigenvalue weighted by Gasteiger charge is -2.01. The lowest BCUT2D eigenvalue weighted by Crippen LogP contribution is -2.71. The fraction of sp³-hybridized carbons (Fsp3) is 0.0500. The molecule has 0 bridgehead atoms. The van der Waals surface area contributed by atoms with Gasteiger partial charge in [-0.25, -0.2) is 4.99 Å². The summed E-state index contributed by atoms with van der Waals surface area (Å²) in [5, 5.41) is 12.9. The van der Waals surface area contributed by atoms with E-state index in [1.165, 1.54) is 18.4 Å². The zero-order valence-electron chi connectivity index (χ0n) is 14.5. The van der Waals surface area contributed by atoms with E-state index in [0.29, 0.717) is 5.69 Å². The fourth-order valence-electron chi connectivity index (χ4n) is 2.13. The summed E-state index contributed by atoms with van der Waals surface area (Å²) in [6, 6.07) is 16.9. The third kappa shape index (κ3) is 5.54. The summed E-state index contributed by atoms with van der Waals surface area (Å²) < 4.78 is 0. The maximum Gasteiger partial charge on any atom is 0.210 e. The quantitative estimate of drug-likeness (QED) is 0.334. The van der Waals surface area contributed by atoms with Crippen LogP contribution in [0.2, 0.25) is 0 Å². The molecule has 6 N–H and O–H groups in total. The lowest BCUT2D eigenvalue weighted by atomic mass is 10.1. The molecule has 0 atom stereocenters. The van der Waals surface area contributed by atoms with E-state index in [-0.39, 0.29) is 11.4 Å². The Balaban J connectivity index is 2.05. The molecule has 0 saturated heterocycles. The summed E-state index contributed by atoms with van der Waals surface area (Å²) in [5.74, 6) is -0.444. The predicted octanol–water partition coefficient (Wildman–Crippen LogP) is 2.27. The van der Waals surface area contributed by atoms with Crippen molar-refractivity contribution in [3.8, 4) is 0 Å². The fourth-order valence-corrected chi connectivity index (χ4v) is 2.13. The summed E-state index contributed by atoms with van der Waals surface area (Å²) in [4.78, 5) is 16.6. The standard InChI is InChI=1S/C20H21N5O/c1-23-15-7-9-16(10-8-15)24-14-12-19(26)20(22)18(11-13-21)25-17-5-3-2-4-6-17/h2-14,22-24H,21H2,1H3/p+1. The van der Waals surface area contributed by atoms with Gasteiger partial charge in [0.1, 0.15) is 17.6 Å². The van der Waals surface area contributed by atoms with E-state index in [9.17, 15) is 4.79 Å². The highest BCUT2D eigenvalue weighted by molar-refractivity contribution is 6.70.